The van der Waals surface area contributed by atoms with E-state index in [-0.39, 0.29) is 21.7 Å². The number of hydrogen-bond acceptors (Lipinski definition) is 2. The number of benzene rings is 11. The third kappa shape index (κ3) is 10.0. The van der Waals surface area contributed by atoms with E-state index < -0.39 is 7.53 Å². The van der Waals surface area contributed by atoms with Crippen molar-refractivity contribution in [3.8, 4) is 27.6 Å². The van der Waals surface area contributed by atoms with Crippen LogP contribution in [0.25, 0.3) is 72.9 Å². The summed E-state index contributed by atoms with van der Waals surface area (Å²) in [7, 11) is -0.709. The van der Waals surface area contributed by atoms with Crippen LogP contribution in [0.4, 0.5) is 34.1 Å². The summed E-state index contributed by atoms with van der Waals surface area (Å²) < 4.78 is 0. The Morgan fingerprint density at radius 1 is 0.299 bits per heavy atom. The lowest BCUT2D eigenvalue weighted by atomic mass is 9.81. The smallest absolute Gasteiger partial charge is 0.0465 e. The molecule has 1 aromatic heterocycles. The van der Waals surface area contributed by atoms with Crippen LogP contribution in [-0.4, -0.2) is 0 Å². The molecule has 0 N–H and O–H groups in total. The topological polar surface area (TPSA) is 6.48 Å². The van der Waals surface area contributed by atoms with Gasteiger partial charge < -0.3 is 9.80 Å². The third-order valence-corrected chi connectivity index (χ3v) is 21.2. The first-order valence-corrected chi connectivity index (χ1v) is 32.2. The summed E-state index contributed by atoms with van der Waals surface area (Å²) in [5.41, 5.74) is 24.9. The second kappa shape index (κ2) is 21.3. The first-order chi connectivity index (χ1) is 41.9. The molecule has 0 saturated carbocycles. The van der Waals surface area contributed by atoms with Crippen molar-refractivity contribution >= 4 is 87.0 Å². The average molecular weight is 1140 g/mol. The van der Waals surface area contributed by atoms with E-state index in [1.54, 1.807) is 0 Å². The summed E-state index contributed by atoms with van der Waals surface area (Å²) in [5, 5.41) is 6.88. The molecule has 12 aromatic rings. The minimum Gasteiger partial charge on any atom is -0.310 e. The maximum atomic E-state index is 2.43. The Hall–Kier alpha value is -9.20. The van der Waals surface area contributed by atoms with Gasteiger partial charge in [-0.15, -0.1) is 0 Å². The lowest BCUT2D eigenvalue weighted by Gasteiger charge is -2.29. The van der Waals surface area contributed by atoms with Gasteiger partial charge in [-0.1, -0.05) is 253 Å². The molecule has 0 fully saturated rings. The molecule has 0 aliphatic heterocycles. The van der Waals surface area contributed by atoms with Crippen molar-refractivity contribution in [2.24, 2.45) is 0 Å². The van der Waals surface area contributed by atoms with Crippen molar-refractivity contribution in [3.05, 3.63) is 304 Å². The van der Waals surface area contributed by atoms with E-state index in [1.807, 2.05) is 0 Å². The van der Waals surface area contributed by atoms with E-state index in [1.165, 1.54) is 104 Å². The van der Waals surface area contributed by atoms with Crippen molar-refractivity contribution in [3.63, 3.8) is 0 Å². The Labute approximate surface area is 516 Å². The molecule has 0 atom stereocenters. The fourth-order valence-electron chi connectivity index (χ4n) is 13.7. The first kappa shape index (κ1) is 55.7. The first-order valence-electron chi connectivity index (χ1n) is 30.9. The lowest BCUT2D eigenvalue weighted by molar-refractivity contribution is 0.590. The monoisotopic (exact) mass is 1140 g/mol. The number of para-hydroxylation sites is 2. The van der Waals surface area contributed by atoms with Crippen molar-refractivity contribution in [2.75, 3.05) is 9.80 Å². The Morgan fingerprint density at radius 2 is 0.598 bits per heavy atom. The molecule has 1 heterocycles. The summed E-state index contributed by atoms with van der Waals surface area (Å²) in [4.78, 5) is 4.79. The Kier molecular flexibility index (Phi) is 13.7. The van der Waals surface area contributed by atoms with Crippen molar-refractivity contribution < 1.29 is 0 Å². The summed E-state index contributed by atoms with van der Waals surface area (Å²) >= 11 is 0. The number of hydrogen-bond donors (Lipinski definition) is 0. The highest BCUT2D eigenvalue weighted by atomic mass is 31.1. The largest absolute Gasteiger partial charge is 0.310 e. The Bertz CT molecular complexity index is 4380. The highest BCUT2D eigenvalue weighted by Gasteiger charge is 2.38. The van der Waals surface area contributed by atoms with Crippen LogP contribution in [0.5, 0.6) is 0 Å². The van der Waals surface area contributed by atoms with Crippen LogP contribution in [0.3, 0.4) is 0 Å². The number of rotatable bonds is 11. The molecular formula is C84H75N2P. The maximum Gasteiger partial charge on any atom is 0.0465 e. The van der Waals surface area contributed by atoms with Gasteiger partial charge in [0.15, 0.2) is 0 Å². The molecule has 0 radical (unpaired) electrons. The summed E-state index contributed by atoms with van der Waals surface area (Å²) in [6.07, 6.45) is 9.23. The van der Waals surface area contributed by atoms with Crippen LogP contribution in [0.2, 0.25) is 0 Å². The average Bonchev–Trinajstić information content (AvgIpc) is 1.67. The van der Waals surface area contributed by atoms with Crippen LogP contribution in [-0.2, 0) is 21.7 Å². The van der Waals surface area contributed by atoms with E-state index >= 15 is 0 Å². The molecule has 0 unspecified atom stereocenters. The molecule has 2 nitrogen and oxygen atoms in total. The number of anilines is 6. The van der Waals surface area contributed by atoms with Crippen LogP contribution in [0.15, 0.2) is 249 Å². The summed E-state index contributed by atoms with van der Waals surface area (Å²) in [6, 6.07) is 93.5. The van der Waals surface area contributed by atoms with Gasteiger partial charge in [0.25, 0.3) is 0 Å². The molecule has 0 amide bonds. The van der Waals surface area contributed by atoms with Gasteiger partial charge in [0.1, 0.15) is 0 Å². The fourth-order valence-corrected chi connectivity index (χ4v) is 16.3. The van der Waals surface area contributed by atoms with Gasteiger partial charge in [-0.05, 0) is 202 Å². The summed E-state index contributed by atoms with van der Waals surface area (Å²) in [5.74, 6) is 0. The second-order valence-electron chi connectivity index (χ2n) is 27.1. The third-order valence-electron chi connectivity index (χ3n) is 18.7. The van der Waals surface area contributed by atoms with E-state index in [9.17, 15) is 0 Å². The predicted molar refractivity (Wildman–Crippen MR) is 378 cm³/mol. The zero-order valence-corrected chi connectivity index (χ0v) is 52.7. The van der Waals surface area contributed by atoms with Crippen molar-refractivity contribution in [1.29, 1.82) is 0 Å². The molecule has 87 heavy (non-hydrogen) atoms. The molecule has 14 rings (SSSR count). The van der Waals surface area contributed by atoms with E-state index in [2.05, 4.69) is 352 Å². The minimum atomic E-state index is -0.709. The van der Waals surface area contributed by atoms with Gasteiger partial charge in [0.2, 0.25) is 0 Å². The van der Waals surface area contributed by atoms with Crippen molar-refractivity contribution in [1.82, 2.24) is 0 Å². The van der Waals surface area contributed by atoms with Gasteiger partial charge in [0, 0.05) is 55.2 Å². The van der Waals surface area contributed by atoms with Crippen LogP contribution >= 0.6 is 7.53 Å². The molecule has 0 spiro atoms. The molecule has 2 aliphatic rings. The molecular weight excluding hydrogens is 1070 g/mol. The molecule has 0 saturated heterocycles. The maximum absolute atomic E-state index is 2.43. The van der Waals surface area contributed by atoms with Crippen molar-refractivity contribution in [2.45, 2.75) is 90.9 Å². The highest BCUT2D eigenvalue weighted by molar-refractivity contribution is 7.67. The Balaban J connectivity index is 0.752. The minimum absolute atomic E-state index is 0.0816. The van der Waals surface area contributed by atoms with Gasteiger partial charge >= 0.3 is 0 Å². The van der Waals surface area contributed by atoms with E-state index in [0.717, 1.165) is 34.1 Å². The molecule has 11 aromatic carbocycles. The van der Waals surface area contributed by atoms with E-state index in [4.69, 9.17) is 0 Å². The molecule has 3 heteroatoms. The van der Waals surface area contributed by atoms with Gasteiger partial charge in [-0.3, -0.25) is 0 Å². The summed E-state index contributed by atoms with van der Waals surface area (Å²) in [6.45, 7) is 23.2. The number of nitrogens with zero attached hydrogens (tertiary/aromatic N) is 2. The van der Waals surface area contributed by atoms with Gasteiger partial charge in [-0.2, -0.15) is 0 Å². The normalized spacial score (nSPS) is 14.0. The van der Waals surface area contributed by atoms with Crippen LogP contribution in [0, 0.1) is 0 Å². The highest BCUT2D eigenvalue weighted by Crippen LogP contribution is 2.57. The predicted octanol–water partition coefficient (Wildman–Crippen LogP) is 24.5. The Morgan fingerprint density at radius 3 is 0.966 bits per heavy atom. The molecule has 426 valence electrons. The standard InChI is InChI=1S/C84H75N2P/c1-81(2,3)60-34-38-64(39-35-60)85(62-20-14-11-15-21-62)66-42-46-71-69-44-30-58(52-75(69)83(7,8)77(71)54-66)28-26-56-32-48-79-73(50-56)74-51-57(33-49-80(74)87(79)68-24-18-13-19-25-68)27-29-59-31-45-70-72-47-43-67(55-78(72)84(9,10)76(70)53-59)86(63-22-16-12-17-23-63)65-40-36-61(37-41-65)82(4,5)6/h11-55H,1-10H3/b28-26+,29-27+. The SMILES string of the molecule is CC(C)(C)c1ccc(N(c2ccccc2)c2ccc3c(c2)C(C)(C)c2cc(/C=C/c4ccc5c(c4)c4cc(/C=C/c6ccc7c(c6)C(C)(C)c6cc(N(c8ccccc8)c8ccc(C(C)(C)C)cc8)ccc6-7)ccc4p5-c4ccccc4)ccc2-3)cc1. The number of fused-ring (bicyclic) bond motifs is 9. The fraction of sp³-hybridized carbons (Fsp3) is 0.167. The quantitative estimate of drug-likeness (QED) is 0.119. The van der Waals surface area contributed by atoms with Gasteiger partial charge in [-0.25, -0.2) is 0 Å². The zero-order valence-electron chi connectivity index (χ0n) is 51.8. The zero-order chi connectivity index (χ0) is 60.0. The second-order valence-corrected chi connectivity index (χ2v) is 29.3. The van der Waals surface area contributed by atoms with Gasteiger partial charge in [0.05, 0.1) is 0 Å². The van der Waals surface area contributed by atoms with Crippen LogP contribution in [0.1, 0.15) is 125 Å². The molecule has 0 bridgehead atoms. The van der Waals surface area contributed by atoms with E-state index in [0.29, 0.717) is 0 Å². The lowest BCUT2D eigenvalue weighted by Crippen LogP contribution is -2.17. The molecule has 2 aliphatic carbocycles. The van der Waals surface area contributed by atoms with Crippen LogP contribution < -0.4 is 9.80 Å².